The Morgan fingerprint density at radius 2 is 2.33 bits per heavy atom. The van der Waals surface area contributed by atoms with Crippen LogP contribution in [0.1, 0.15) is 37.2 Å². The molecule has 0 amide bonds. The molecule has 0 bridgehead atoms. The Hall–Kier alpha value is -1.16. The first kappa shape index (κ1) is 11.9. The third kappa shape index (κ3) is 3.16. The van der Waals surface area contributed by atoms with Crippen LogP contribution in [-0.2, 0) is 11.8 Å². The zero-order valence-corrected chi connectivity index (χ0v) is 9.56. The Balaban J connectivity index is 2.71. The summed E-state index contributed by atoms with van der Waals surface area (Å²) in [5, 5.41) is 4.08. The van der Waals surface area contributed by atoms with E-state index in [0.717, 1.165) is 12.8 Å². The summed E-state index contributed by atoms with van der Waals surface area (Å²) in [4.78, 5) is 11.9. The van der Waals surface area contributed by atoms with Gasteiger partial charge in [-0.2, -0.15) is 5.10 Å². The molecule has 0 aromatic carbocycles. The average molecular weight is 210 g/mol. The molecular formula is C11H18N2O2. The number of aromatic nitrogens is 2. The van der Waals surface area contributed by atoms with E-state index >= 15 is 0 Å². The van der Waals surface area contributed by atoms with Crippen LogP contribution in [0, 0.1) is 0 Å². The first-order chi connectivity index (χ1) is 7.19. The number of aryl methyl sites for hydroxylation is 1. The minimum atomic E-state index is -0.338. The molecule has 0 saturated carbocycles. The number of rotatable bonds is 6. The molecule has 1 rings (SSSR count). The van der Waals surface area contributed by atoms with Crippen molar-refractivity contribution in [1.29, 1.82) is 0 Å². The highest BCUT2D eigenvalue weighted by Crippen LogP contribution is 2.09. The summed E-state index contributed by atoms with van der Waals surface area (Å²) in [6.07, 6.45) is 3.11. The molecule has 1 heterocycles. The zero-order chi connectivity index (χ0) is 11.3. The van der Waals surface area contributed by atoms with E-state index in [-0.39, 0.29) is 11.9 Å². The van der Waals surface area contributed by atoms with Gasteiger partial charge in [0.15, 0.2) is 0 Å². The van der Waals surface area contributed by atoms with Crippen LogP contribution in [0.25, 0.3) is 0 Å². The second kappa shape index (κ2) is 5.66. The molecule has 1 unspecified atom stereocenters. The van der Waals surface area contributed by atoms with Gasteiger partial charge in [-0.15, -0.1) is 0 Å². The van der Waals surface area contributed by atoms with Crippen molar-refractivity contribution in [1.82, 2.24) is 9.78 Å². The van der Waals surface area contributed by atoms with E-state index in [1.165, 1.54) is 0 Å². The van der Waals surface area contributed by atoms with Crippen LogP contribution in [0.5, 0.6) is 0 Å². The van der Waals surface area contributed by atoms with Gasteiger partial charge >= 0.3 is 0 Å². The molecule has 0 fully saturated rings. The summed E-state index contributed by atoms with van der Waals surface area (Å²) in [5.41, 5.74) is 0.490. The number of hydrogen-bond acceptors (Lipinski definition) is 3. The van der Waals surface area contributed by atoms with Gasteiger partial charge in [-0.25, -0.2) is 0 Å². The third-order valence-corrected chi connectivity index (χ3v) is 2.18. The normalized spacial score (nSPS) is 12.7. The molecule has 0 spiro atoms. The molecule has 0 N–H and O–H groups in total. The molecule has 4 nitrogen and oxygen atoms in total. The van der Waals surface area contributed by atoms with Crippen LogP contribution in [0.15, 0.2) is 12.3 Å². The average Bonchev–Trinajstić information content (AvgIpc) is 2.63. The number of carbonyl (C=O) groups excluding carboxylic acids is 1. The lowest BCUT2D eigenvalue weighted by molar-refractivity contribution is 0.0418. The lowest BCUT2D eigenvalue weighted by Gasteiger charge is -2.13. The maximum absolute atomic E-state index is 11.9. The van der Waals surface area contributed by atoms with Gasteiger partial charge in [0.25, 0.3) is 0 Å². The lowest BCUT2D eigenvalue weighted by atomic mass is 10.1. The van der Waals surface area contributed by atoms with Crippen molar-refractivity contribution in [2.24, 2.45) is 7.05 Å². The molecule has 0 aliphatic heterocycles. The quantitative estimate of drug-likeness (QED) is 0.672. The van der Waals surface area contributed by atoms with Crippen LogP contribution in [0.4, 0.5) is 0 Å². The molecule has 15 heavy (non-hydrogen) atoms. The van der Waals surface area contributed by atoms with Gasteiger partial charge in [0, 0.05) is 19.9 Å². The van der Waals surface area contributed by atoms with Crippen LogP contribution < -0.4 is 0 Å². The second-order valence-electron chi connectivity index (χ2n) is 3.47. The van der Waals surface area contributed by atoms with Gasteiger partial charge in [0.2, 0.25) is 5.78 Å². The van der Waals surface area contributed by atoms with Gasteiger partial charge in [-0.05, 0) is 19.4 Å². The van der Waals surface area contributed by atoms with Gasteiger partial charge in [-0.1, -0.05) is 13.3 Å². The first-order valence-electron chi connectivity index (χ1n) is 5.34. The topological polar surface area (TPSA) is 44.1 Å². The summed E-state index contributed by atoms with van der Waals surface area (Å²) < 4.78 is 7.04. The first-order valence-corrected chi connectivity index (χ1v) is 5.34. The number of nitrogens with zero attached hydrogens (tertiary/aromatic N) is 2. The molecule has 1 aromatic heterocycles. The molecule has 0 saturated heterocycles. The minimum absolute atomic E-state index is 0.0145. The summed E-state index contributed by atoms with van der Waals surface area (Å²) in [6, 6.07) is 1.73. The molecule has 84 valence electrons. The molecule has 0 aliphatic rings. The van der Waals surface area contributed by atoms with Gasteiger partial charge in [0.1, 0.15) is 11.8 Å². The molecule has 4 heteroatoms. The number of Topliss-reactive ketones (excluding diaryl/α,β-unsaturated/α-hetero) is 1. The fourth-order valence-corrected chi connectivity index (χ4v) is 1.46. The summed E-state index contributed by atoms with van der Waals surface area (Å²) in [5.74, 6) is -0.0145. The highest BCUT2D eigenvalue weighted by molar-refractivity contribution is 5.97. The van der Waals surface area contributed by atoms with Gasteiger partial charge < -0.3 is 4.74 Å². The van der Waals surface area contributed by atoms with E-state index in [2.05, 4.69) is 5.10 Å². The third-order valence-electron chi connectivity index (χ3n) is 2.18. The van der Waals surface area contributed by atoms with Gasteiger partial charge in [-0.3, -0.25) is 9.48 Å². The van der Waals surface area contributed by atoms with Crippen LogP contribution in [0.2, 0.25) is 0 Å². The number of ketones is 1. The molecule has 0 radical (unpaired) electrons. The van der Waals surface area contributed by atoms with E-state index in [9.17, 15) is 4.79 Å². The SMILES string of the molecule is CCCC(OCC)C(=O)c1ccn(C)n1. The lowest BCUT2D eigenvalue weighted by Crippen LogP contribution is -2.25. The number of carbonyl (C=O) groups is 1. The maximum atomic E-state index is 11.9. The fraction of sp³-hybridized carbons (Fsp3) is 0.636. The predicted molar refractivity (Wildman–Crippen MR) is 57.9 cm³/mol. The molecule has 1 atom stereocenters. The monoisotopic (exact) mass is 210 g/mol. The minimum Gasteiger partial charge on any atom is -0.370 e. The van der Waals surface area contributed by atoms with Crippen LogP contribution in [0.3, 0.4) is 0 Å². The van der Waals surface area contributed by atoms with Crippen molar-refractivity contribution in [3.05, 3.63) is 18.0 Å². The van der Waals surface area contributed by atoms with Crippen molar-refractivity contribution in [3.63, 3.8) is 0 Å². The Labute approximate surface area is 90.2 Å². The molecule has 1 aromatic rings. The van der Waals surface area contributed by atoms with E-state index in [4.69, 9.17) is 4.74 Å². The van der Waals surface area contributed by atoms with Crippen molar-refractivity contribution in [2.45, 2.75) is 32.8 Å². The standard InChI is InChI=1S/C11H18N2O2/c1-4-6-10(15-5-2)11(14)9-7-8-13(3)12-9/h7-8,10H,4-6H2,1-3H3. The zero-order valence-electron chi connectivity index (χ0n) is 9.56. The fourth-order valence-electron chi connectivity index (χ4n) is 1.46. The Kier molecular flexibility index (Phi) is 4.49. The second-order valence-corrected chi connectivity index (χ2v) is 3.47. The highest BCUT2D eigenvalue weighted by atomic mass is 16.5. The van der Waals surface area contributed by atoms with Gasteiger partial charge in [0.05, 0.1) is 0 Å². The molecule has 0 aliphatic carbocycles. The Morgan fingerprint density at radius 3 is 2.80 bits per heavy atom. The number of ether oxygens (including phenoxy) is 1. The molecular weight excluding hydrogens is 192 g/mol. The highest BCUT2D eigenvalue weighted by Gasteiger charge is 2.21. The van der Waals surface area contributed by atoms with E-state index in [1.54, 1.807) is 24.0 Å². The van der Waals surface area contributed by atoms with Crippen LogP contribution in [-0.4, -0.2) is 28.3 Å². The van der Waals surface area contributed by atoms with Crippen molar-refractivity contribution >= 4 is 5.78 Å². The Bertz CT molecular complexity index is 314. The largest absolute Gasteiger partial charge is 0.370 e. The smallest absolute Gasteiger partial charge is 0.211 e. The van der Waals surface area contributed by atoms with Crippen LogP contribution >= 0.6 is 0 Å². The predicted octanol–water partition coefficient (Wildman–Crippen LogP) is 1.81. The Morgan fingerprint density at radius 1 is 1.60 bits per heavy atom. The van der Waals surface area contributed by atoms with E-state index < -0.39 is 0 Å². The van der Waals surface area contributed by atoms with Crippen molar-refractivity contribution in [3.8, 4) is 0 Å². The van der Waals surface area contributed by atoms with Crippen molar-refractivity contribution in [2.75, 3.05) is 6.61 Å². The summed E-state index contributed by atoms with van der Waals surface area (Å²) in [7, 11) is 1.80. The summed E-state index contributed by atoms with van der Waals surface area (Å²) >= 11 is 0. The van der Waals surface area contributed by atoms with E-state index in [1.807, 2.05) is 13.8 Å². The summed E-state index contributed by atoms with van der Waals surface area (Å²) in [6.45, 7) is 4.50. The number of hydrogen-bond donors (Lipinski definition) is 0. The maximum Gasteiger partial charge on any atom is 0.211 e. The van der Waals surface area contributed by atoms with E-state index in [0.29, 0.717) is 12.3 Å². The van der Waals surface area contributed by atoms with Crippen molar-refractivity contribution < 1.29 is 9.53 Å².